The summed E-state index contributed by atoms with van der Waals surface area (Å²) in [5, 5.41) is 4.79. The molecule has 0 bridgehead atoms. The second-order valence-electron chi connectivity index (χ2n) is 21.2. The molecule has 12 aromatic carbocycles. The number of methoxy groups -OCH3 is 2. The van der Waals surface area contributed by atoms with Crippen LogP contribution in [0.15, 0.2) is 279 Å². The molecule has 0 fully saturated rings. The SMILES string of the molecule is COc1ccc(N(c2ccc3c(c2)C2(c4ccccc4Oc4ccccc42)c2cc(N(c4ccc(OC)cc4)c4ccc5c6ccccc6n(-c6ccccc6)c5c4)ccc2-3)c2ccc3c4ccccc4n(-c4ccccc4)c3c2)cc1. The van der Waals surface area contributed by atoms with Gasteiger partial charge in [-0.05, 0) is 168 Å². The van der Waals surface area contributed by atoms with E-state index < -0.39 is 5.41 Å². The van der Waals surface area contributed by atoms with Gasteiger partial charge < -0.3 is 33.1 Å². The van der Waals surface area contributed by atoms with Crippen molar-refractivity contribution in [2.75, 3.05) is 24.0 Å². The van der Waals surface area contributed by atoms with Crippen LogP contribution in [-0.4, -0.2) is 23.4 Å². The molecule has 3 heterocycles. The number of anilines is 6. The highest BCUT2D eigenvalue weighted by Gasteiger charge is 2.51. The highest BCUT2D eigenvalue weighted by molar-refractivity contribution is 6.12. The second kappa shape index (κ2) is 18.7. The first-order chi connectivity index (χ1) is 40.6. The summed E-state index contributed by atoms with van der Waals surface area (Å²) in [4.78, 5) is 4.78. The predicted molar refractivity (Wildman–Crippen MR) is 335 cm³/mol. The molecule has 0 radical (unpaired) electrons. The summed E-state index contributed by atoms with van der Waals surface area (Å²) in [7, 11) is 3.44. The fourth-order valence-corrected chi connectivity index (χ4v) is 13.4. The van der Waals surface area contributed by atoms with Crippen molar-refractivity contribution in [1.82, 2.24) is 9.13 Å². The highest BCUT2D eigenvalue weighted by Crippen LogP contribution is 2.63. The Labute approximate surface area is 474 Å². The Morgan fingerprint density at radius 2 is 0.659 bits per heavy atom. The van der Waals surface area contributed by atoms with E-state index in [2.05, 4.69) is 274 Å². The molecule has 7 nitrogen and oxygen atoms in total. The lowest BCUT2D eigenvalue weighted by molar-refractivity contribution is 0.414. The van der Waals surface area contributed by atoms with Crippen molar-refractivity contribution in [3.63, 3.8) is 0 Å². The van der Waals surface area contributed by atoms with Crippen LogP contribution >= 0.6 is 0 Å². The molecule has 14 aromatic rings. The van der Waals surface area contributed by atoms with E-state index in [-0.39, 0.29) is 0 Å². The third-order valence-electron chi connectivity index (χ3n) is 16.9. The van der Waals surface area contributed by atoms with E-state index in [1.54, 1.807) is 14.2 Å². The predicted octanol–water partition coefficient (Wildman–Crippen LogP) is 19.3. The lowest BCUT2D eigenvalue weighted by atomic mass is 9.66. The molecule has 16 rings (SSSR count). The standard InChI is InChI=1S/C75H52N4O3/c1-80-57-37-29-51(30-38-57)76(55-35-43-63-61-21-9-13-25-69(61)78(71(63)47-55)49-17-5-3-6-18-49)53-33-41-59-60-42-34-54(46-68(60)75(67(59)45-53)65-23-11-15-27-73(65)82-74-28-16-12-24-66(74)75)77(52-31-39-58(81-2)40-32-52)56-36-44-64-62-22-10-14-26-70(62)79(72(64)48-56)50-19-7-4-8-20-50/h3-48H,1-2H3. The van der Waals surface area contributed by atoms with E-state index in [1.807, 2.05) is 24.3 Å². The van der Waals surface area contributed by atoms with E-state index in [0.29, 0.717) is 0 Å². The fraction of sp³-hybridized carbons (Fsp3) is 0.0400. The molecule has 82 heavy (non-hydrogen) atoms. The zero-order chi connectivity index (χ0) is 54.5. The zero-order valence-electron chi connectivity index (χ0n) is 45.1. The molecular formula is C75H52N4O3. The molecule has 2 aliphatic rings. The van der Waals surface area contributed by atoms with Gasteiger partial charge in [0, 0.05) is 78.2 Å². The van der Waals surface area contributed by atoms with Gasteiger partial charge in [0.25, 0.3) is 0 Å². The number of rotatable bonds is 10. The topological polar surface area (TPSA) is 44.0 Å². The number of nitrogens with zero attached hydrogens (tertiary/aromatic N) is 4. The normalized spacial score (nSPS) is 12.7. The molecule has 1 spiro atoms. The summed E-state index contributed by atoms with van der Waals surface area (Å²) >= 11 is 0. The summed E-state index contributed by atoms with van der Waals surface area (Å²) in [5.41, 5.74) is 18.9. The van der Waals surface area contributed by atoms with Crippen LogP contribution in [0.5, 0.6) is 23.0 Å². The van der Waals surface area contributed by atoms with Gasteiger partial charge in [0.1, 0.15) is 23.0 Å². The highest BCUT2D eigenvalue weighted by atomic mass is 16.5. The molecular weight excluding hydrogens is 1000 g/mol. The van der Waals surface area contributed by atoms with Gasteiger partial charge in [-0.3, -0.25) is 0 Å². The average Bonchev–Trinajstić information content (AvgIpc) is 2.44. The minimum Gasteiger partial charge on any atom is -0.497 e. The number of fused-ring (bicyclic) bond motifs is 15. The van der Waals surface area contributed by atoms with Crippen molar-refractivity contribution in [3.05, 3.63) is 301 Å². The number of para-hydroxylation sites is 6. The van der Waals surface area contributed by atoms with Crippen LogP contribution in [0.2, 0.25) is 0 Å². The Morgan fingerprint density at radius 3 is 1.10 bits per heavy atom. The van der Waals surface area contributed by atoms with Crippen LogP contribution in [-0.2, 0) is 5.41 Å². The Morgan fingerprint density at radius 1 is 0.305 bits per heavy atom. The van der Waals surface area contributed by atoms with Crippen LogP contribution in [0.3, 0.4) is 0 Å². The van der Waals surface area contributed by atoms with Crippen molar-refractivity contribution < 1.29 is 14.2 Å². The summed E-state index contributed by atoms with van der Waals surface area (Å²) in [6.07, 6.45) is 0. The third kappa shape index (κ3) is 7.09. The van der Waals surface area contributed by atoms with Gasteiger partial charge in [0.05, 0.1) is 41.7 Å². The maximum atomic E-state index is 6.95. The van der Waals surface area contributed by atoms with Crippen molar-refractivity contribution in [2.24, 2.45) is 0 Å². The van der Waals surface area contributed by atoms with Crippen molar-refractivity contribution in [2.45, 2.75) is 5.41 Å². The van der Waals surface area contributed by atoms with E-state index in [9.17, 15) is 0 Å². The Kier molecular flexibility index (Phi) is 10.8. The van der Waals surface area contributed by atoms with E-state index in [0.717, 1.165) is 113 Å². The summed E-state index contributed by atoms with van der Waals surface area (Å²) in [5.74, 6) is 3.24. The molecule has 0 saturated heterocycles. The molecule has 2 aromatic heterocycles. The molecule has 7 heteroatoms. The van der Waals surface area contributed by atoms with Crippen molar-refractivity contribution in [1.29, 1.82) is 0 Å². The maximum Gasteiger partial charge on any atom is 0.132 e. The molecule has 0 atom stereocenters. The molecule has 1 aliphatic heterocycles. The van der Waals surface area contributed by atoms with Gasteiger partial charge in [-0.25, -0.2) is 0 Å². The molecule has 0 unspecified atom stereocenters. The van der Waals surface area contributed by atoms with Gasteiger partial charge in [-0.2, -0.15) is 0 Å². The monoisotopic (exact) mass is 1060 g/mol. The second-order valence-corrected chi connectivity index (χ2v) is 21.2. The first kappa shape index (κ1) is 47.3. The molecule has 1 aliphatic carbocycles. The van der Waals surface area contributed by atoms with Crippen molar-refractivity contribution >= 4 is 77.7 Å². The quantitative estimate of drug-likeness (QED) is 0.137. The first-order valence-electron chi connectivity index (χ1n) is 27.8. The van der Waals surface area contributed by atoms with Gasteiger partial charge in [-0.1, -0.05) is 133 Å². The summed E-state index contributed by atoms with van der Waals surface area (Å²) in [6.45, 7) is 0. The fourth-order valence-electron chi connectivity index (χ4n) is 13.4. The lowest BCUT2D eigenvalue weighted by Crippen LogP contribution is -2.32. The summed E-state index contributed by atoms with van der Waals surface area (Å²) in [6, 6.07) is 101. The number of ether oxygens (including phenoxy) is 3. The van der Waals surface area contributed by atoms with Crippen LogP contribution in [0.4, 0.5) is 34.1 Å². The largest absolute Gasteiger partial charge is 0.497 e. The Bertz CT molecular complexity index is 4510. The number of benzene rings is 12. The molecule has 0 saturated carbocycles. The number of hydrogen-bond donors (Lipinski definition) is 0. The van der Waals surface area contributed by atoms with E-state index >= 15 is 0 Å². The van der Waals surface area contributed by atoms with Crippen LogP contribution in [0.25, 0.3) is 66.1 Å². The molecule has 0 amide bonds. The minimum absolute atomic E-state index is 0.792. The molecule has 390 valence electrons. The van der Waals surface area contributed by atoms with Gasteiger partial charge in [-0.15, -0.1) is 0 Å². The lowest BCUT2D eigenvalue weighted by Gasteiger charge is -2.40. The van der Waals surface area contributed by atoms with Gasteiger partial charge in [0.15, 0.2) is 0 Å². The minimum atomic E-state index is -0.813. The third-order valence-corrected chi connectivity index (χ3v) is 16.9. The number of aromatic nitrogens is 2. The van der Waals surface area contributed by atoms with Crippen LogP contribution < -0.4 is 24.0 Å². The number of hydrogen-bond acceptors (Lipinski definition) is 5. The van der Waals surface area contributed by atoms with Crippen LogP contribution in [0.1, 0.15) is 22.3 Å². The van der Waals surface area contributed by atoms with Gasteiger partial charge in [0.2, 0.25) is 0 Å². The average molecular weight is 1060 g/mol. The molecule has 0 N–H and O–H groups in total. The zero-order valence-corrected chi connectivity index (χ0v) is 45.1. The smallest absolute Gasteiger partial charge is 0.132 e. The van der Waals surface area contributed by atoms with E-state index in [1.165, 1.54) is 32.7 Å². The van der Waals surface area contributed by atoms with E-state index in [4.69, 9.17) is 14.2 Å². The van der Waals surface area contributed by atoms with Crippen LogP contribution in [0, 0.1) is 0 Å². The maximum absolute atomic E-state index is 6.95. The Hall–Kier alpha value is -10.8. The summed E-state index contributed by atoms with van der Waals surface area (Å²) < 4.78 is 23.2. The van der Waals surface area contributed by atoms with Crippen molar-refractivity contribution in [3.8, 4) is 45.5 Å². The Balaban J connectivity index is 0.937. The first-order valence-corrected chi connectivity index (χ1v) is 27.8. The van der Waals surface area contributed by atoms with Gasteiger partial charge >= 0.3 is 0 Å².